The minimum Gasteiger partial charge on any atom is -0.494 e. The standard InChI is InChI=1S/C38H38N4O.ClH/c1-28-38-34(20-22-40-28)32-18-17-30(26-36(32)42(38)24-11-14-29-12-5-4-6-13-29)43-25-10-3-2-9-23-41-35-16-8-7-15-31(35)33-19-21-39-27-37(33)41;/h4-8,12-13,15-22,26-27H,2-3,9-11,14,23-25H2,1H3;1H. The number of aryl methyl sites for hydroxylation is 4. The molecule has 0 N–H and O–H groups in total. The number of para-hydroxylation sites is 1. The molecule has 0 atom stereocenters. The van der Waals surface area contributed by atoms with Gasteiger partial charge in [0.1, 0.15) is 5.75 Å². The Morgan fingerprint density at radius 3 is 2.30 bits per heavy atom. The Morgan fingerprint density at radius 1 is 0.636 bits per heavy atom. The summed E-state index contributed by atoms with van der Waals surface area (Å²) in [6.07, 6.45) is 12.5. The van der Waals surface area contributed by atoms with Crippen LogP contribution in [-0.2, 0) is 19.5 Å². The van der Waals surface area contributed by atoms with Crippen LogP contribution in [0.5, 0.6) is 5.75 Å². The topological polar surface area (TPSA) is 44.9 Å². The third kappa shape index (κ3) is 5.89. The molecule has 0 saturated heterocycles. The second-order valence-electron chi connectivity index (χ2n) is 11.5. The van der Waals surface area contributed by atoms with Crippen molar-refractivity contribution < 1.29 is 4.74 Å². The molecule has 0 aliphatic rings. The molecule has 4 aromatic heterocycles. The van der Waals surface area contributed by atoms with E-state index >= 15 is 0 Å². The van der Waals surface area contributed by atoms with Gasteiger partial charge in [0.05, 0.1) is 35.0 Å². The first kappa shape index (κ1) is 29.7. The molecule has 44 heavy (non-hydrogen) atoms. The third-order valence-corrected chi connectivity index (χ3v) is 8.74. The maximum absolute atomic E-state index is 6.29. The number of benzene rings is 3. The minimum atomic E-state index is 0. The van der Waals surface area contributed by atoms with Crippen LogP contribution in [-0.4, -0.2) is 25.7 Å². The maximum atomic E-state index is 6.29. The van der Waals surface area contributed by atoms with Gasteiger partial charge >= 0.3 is 0 Å². The van der Waals surface area contributed by atoms with Crippen LogP contribution in [0.4, 0.5) is 0 Å². The average Bonchev–Trinajstić information content (AvgIpc) is 3.54. The van der Waals surface area contributed by atoms with Gasteiger partial charge in [-0.3, -0.25) is 9.97 Å². The number of rotatable bonds is 12. The molecule has 0 radical (unpaired) electrons. The van der Waals surface area contributed by atoms with Gasteiger partial charge < -0.3 is 13.9 Å². The molecule has 3 aromatic carbocycles. The van der Waals surface area contributed by atoms with E-state index < -0.39 is 0 Å². The van der Waals surface area contributed by atoms with E-state index in [-0.39, 0.29) is 12.4 Å². The summed E-state index contributed by atoms with van der Waals surface area (Å²) in [6.45, 7) is 4.81. The smallest absolute Gasteiger partial charge is 0.121 e. The Kier molecular flexibility index (Phi) is 9.13. The van der Waals surface area contributed by atoms with Gasteiger partial charge in [0.25, 0.3) is 0 Å². The fraction of sp³-hybridized carbons (Fsp3) is 0.263. The van der Waals surface area contributed by atoms with Gasteiger partial charge in [0.2, 0.25) is 0 Å². The Morgan fingerprint density at radius 2 is 1.39 bits per heavy atom. The summed E-state index contributed by atoms with van der Waals surface area (Å²) in [6, 6.07) is 30.3. The highest BCUT2D eigenvalue weighted by atomic mass is 35.5. The summed E-state index contributed by atoms with van der Waals surface area (Å²) in [5.41, 5.74) is 7.46. The monoisotopic (exact) mass is 602 g/mol. The number of hydrogen-bond acceptors (Lipinski definition) is 3. The van der Waals surface area contributed by atoms with E-state index in [9.17, 15) is 0 Å². The highest BCUT2D eigenvalue weighted by Crippen LogP contribution is 2.33. The van der Waals surface area contributed by atoms with Gasteiger partial charge in [0.15, 0.2) is 0 Å². The third-order valence-electron chi connectivity index (χ3n) is 8.74. The number of ether oxygens (including phenoxy) is 1. The predicted octanol–water partition coefficient (Wildman–Crippen LogP) is 9.69. The molecule has 0 bridgehead atoms. The normalized spacial score (nSPS) is 11.5. The summed E-state index contributed by atoms with van der Waals surface area (Å²) in [5, 5.41) is 5.14. The SMILES string of the molecule is Cc1nccc2c3ccc(OCCCCCCn4c5ccccc5c5ccncc54)cc3n(CCCc3ccccc3)c12.Cl. The summed E-state index contributed by atoms with van der Waals surface area (Å²) in [5.74, 6) is 0.947. The molecule has 0 fully saturated rings. The van der Waals surface area contributed by atoms with Crippen LogP contribution >= 0.6 is 12.4 Å². The van der Waals surface area contributed by atoms with E-state index in [1.807, 2.05) is 18.6 Å². The molecule has 7 rings (SSSR count). The second kappa shape index (κ2) is 13.5. The zero-order valence-corrected chi connectivity index (χ0v) is 26.1. The van der Waals surface area contributed by atoms with Crippen LogP contribution in [0.25, 0.3) is 43.6 Å². The van der Waals surface area contributed by atoms with Crippen LogP contribution in [0.15, 0.2) is 104 Å². The van der Waals surface area contributed by atoms with E-state index in [2.05, 4.69) is 111 Å². The van der Waals surface area contributed by atoms with Crippen molar-refractivity contribution in [3.63, 3.8) is 0 Å². The molecule has 5 nitrogen and oxygen atoms in total. The highest BCUT2D eigenvalue weighted by molar-refractivity contribution is 6.09. The molecule has 224 valence electrons. The van der Waals surface area contributed by atoms with Gasteiger partial charge in [-0.15, -0.1) is 12.4 Å². The Bertz CT molecular complexity index is 1960. The summed E-state index contributed by atoms with van der Waals surface area (Å²) in [7, 11) is 0. The van der Waals surface area contributed by atoms with Crippen LogP contribution in [0.2, 0.25) is 0 Å². The number of pyridine rings is 2. The predicted molar refractivity (Wildman–Crippen MR) is 185 cm³/mol. The van der Waals surface area contributed by atoms with E-state index in [0.717, 1.165) is 63.2 Å². The van der Waals surface area contributed by atoms with Gasteiger partial charge in [0, 0.05) is 58.6 Å². The molecule has 0 saturated carbocycles. The van der Waals surface area contributed by atoms with Gasteiger partial charge in [-0.1, -0.05) is 61.4 Å². The molecular formula is C38H39ClN4O. The van der Waals surface area contributed by atoms with Crippen LogP contribution in [0.1, 0.15) is 43.4 Å². The lowest BCUT2D eigenvalue weighted by atomic mass is 10.1. The first-order valence-electron chi connectivity index (χ1n) is 15.6. The largest absolute Gasteiger partial charge is 0.494 e. The van der Waals surface area contributed by atoms with Crippen molar-refractivity contribution >= 4 is 56.0 Å². The van der Waals surface area contributed by atoms with Crippen LogP contribution in [0, 0.1) is 6.92 Å². The number of aromatic nitrogens is 4. The van der Waals surface area contributed by atoms with Crippen LogP contribution < -0.4 is 4.74 Å². The van der Waals surface area contributed by atoms with Crippen molar-refractivity contribution in [2.75, 3.05) is 6.61 Å². The number of hydrogen-bond donors (Lipinski definition) is 0. The zero-order chi connectivity index (χ0) is 29.0. The van der Waals surface area contributed by atoms with Crippen molar-refractivity contribution in [2.45, 2.75) is 58.5 Å². The first-order valence-corrected chi connectivity index (χ1v) is 15.6. The van der Waals surface area contributed by atoms with E-state index in [1.165, 1.54) is 55.6 Å². The van der Waals surface area contributed by atoms with E-state index in [0.29, 0.717) is 0 Å². The first-order chi connectivity index (χ1) is 21.3. The summed E-state index contributed by atoms with van der Waals surface area (Å²) < 4.78 is 11.2. The van der Waals surface area contributed by atoms with Crippen molar-refractivity contribution in [3.8, 4) is 5.75 Å². The van der Waals surface area contributed by atoms with Gasteiger partial charge in [-0.25, -0.2) is 0 Å². The molecule has 0 amide bonds. The Hall–Kier alpha value is -4.35. The molecule has 0 aliphatic heterocycles. The highest BCUT2D eigenvalue weighted by Gasteiger charge is 2.14. The lowest BCUT2D eigenvalue weighted by Gasteiger charge is -2.11. The van der Waals surface area contributed by atoms with Crippen molar-refractivity contribution in [1.82, 2.24) is 19.1 Å². The number of nitrogens with zero attached hydrogens (tertiary/aromatic N) is 4. The number of halogens is 1. The lowest BCUT2D eigenvalue weighted by molar-refractivity contribution is 0.304. The van der Waals surface area contributed by atoms with E-state index in [4.69, 9.17) is 4.74 Å². The van der Waals surface area contributed by atoms with Gasteiger partial charge in [-0.05, 0) is 68.5 Å². The van der Waals surface area contributed by atoms with Crippen molar-refractivity contribution in [1.29, 1.82) is 0 Å². The molecule has 0 spiro atoms. The minimum absolute atomic E-state index is 0. The van der Waals surface area contributed by atoms with Gasteiger partial charge in [-0.2, -0.15) is 0 Å². The zero-order valence-electron chi connectivity index (χ0n) is 25.3. The quantitative estimate of drug-likeness (QED) is 0.131. The molecule has 4 heterocycles. The fourth-order valence-electron chi connectivity index (χ4n) is 6.66. The maximum Gasteiger partial charge on any atom is 0.121 e. The Labute approximate surface area is 264 Å². The second-order valence-corrected chi connectivity index (χ2v) is 11.5. The summed E-state index contributed by atoms with van der Waals surface area (Å²) >= 11 is 0. The molecule has 7 aromatic rings. The average molecular weight is 603 g/mol. The summed E-state index contributed by atoms with van der Waals surface area (Å²) in [4.78, 5) is 9.02. The molecule has 0 aliphatic carbocycles. The van der Waals surface area contributed by atoms with E-state index in [1.54, 1.807) is 0 Å². The number of unbranched alkanes of at least 4 members (excludes halogenated alkanes) is 3. The molecule has 0 unspecified atom stereocenters. The fourth-order valence-corrected chi connectivity index (χ4v) is 6.66. The van der Waals surface area contributed by atoms with Crippen molar-refractivity contribution in [2.24, 2.45) is 0 Å². The Balaban J connectivity index is 0.00000343. The lowest BCUT2D eigenvalue weighted by Crippen LogP contribution is -2.02. The van der Waals surface area contributed by atoms with Crippen molar-refractivity contribution in [3.05, 3.63) is 115 Å². The number of fused-ring (bicyclic) bond motifs is 6. The molecule has 6 heteroatoms. The molecular weight excluding hydrogens is 564 g/mol. The van der Waals surface area contributed by atoms with Crippen LogP contribution in [0.3, 0.4) is 0 Å².